The summed E-state index contributed by atoms with van der Waals surface area (Å²) in [6.45, 7) is 7.78. The summed E-state index contributed by atoms with van der Waals surface area (Å²) in [5.74, 6) is 0.749. The average Bonchev–Trinajstić information content (AvgIpc) is 2.26. The van der Waals surface area contributed by atoms with Gasteiger partial charge in [-0.05, 0) is 18.4 Å². The average molecular weight is 191 g/mol. The maximum Gasteiger partial charge on any atom is 0.0208 e. The molecule has 0 aliphatic heterocycles. The molecular weight excluding hydrogens is 170 g/mol. The van der Waals surface area contributed by atoms with Crippen molar-refractivity contribution >= 4 is 0 Å². The van der Waals surface area contributed by atoms with Crippen LogP contribution in [-0.4, -0.2) is 6.04 Å². The molecule has 0 aliphatic carbocycles. The van der Waals surface area contributed by atoms with Crippen molar-refractivity contribution in [2.24, 2.45) is 5.92 Å². The second-order valence-corrected chi connectivity index (χ2v) is 4.04. The van der Waals surface area contributed by atoms with E-state index in [2.05, 4.69) is 56.4 Å². The Morgan fingerprint density at radius 2 is 1.79 bits per heavy atom. The molecule has 1 N–H and O–H groups in total. The largest absolute Gasteiger partial charge is 0.310 e. The van der Waals surface area contributed by atoms with Crippen molar-refractivity contribution in [1.82, 2.24) is 5.32 Å². The Labute approximate surface area is 87.5 Å². The van der Waals surface area contributed by atoms with Crippen molar-refractivity contribution in [2.45, 2.75) is 39.8 Å². The van der Waals surface area contributed by atoms with Crippen molar-refractivity contribution in [1.29, 1.82) is 0 Å². The number of rotatable bonds is 5. The van der Waals surface area contributed by atoms with E-state index in [0.717, 1.165) is 12.5 Å². The van der Waals surface area contributed by atoms with Crippen LogP contribution in [0.3, 0.4) is 0 Å². The summed E-state index contributed by atoms with van der Waals surface area (Å²) >= 11 is 0. The fourth-order valence-electron chi connectivity index (χ4n) is 1.43. The van der Waals surface area contributed by atoms with Crippen LogP contribution < -0.4 is 5.32 Å². The van der Waals surface area contributed by atoms with E-state index in [4.69, 9.17) is 0 Å². The smallest absolute Gasteiger partial charge is 0.0208 e. The molecule has 0 saturated carbocycles. The predicted molar refractivity (Wildman–Crippen MR) is 62.2 cm³/mol. The van der Waals surface area contributed by atoms with E-state index in [9.17, 15) is 0 Å². The standard InChI is InChI=1S/C13H21N/c1-4-11(2)12(3)14-10-13-8-6-5-7-9-13/h5-9,11-12,14H,4,10H2,1-3H3/t11-,12-/m1/s1. The summed E-state index contributed by atoms with van der Waals surface area (Å²) in [5.41, 5.74) is 1.36. The Morgan fingerprint density at radius 3 is 2.36 bits per heavy atom. The highest BCUT2D eigenvalue weighted by molar-refractivity contribution is 5.14. The fourth-order valence-corrected chi connectivity index (χ4v) is 1.43. The van der Waals surface area contributed by atoms with Gasteiger partial charge in [-0.2, -0.15) is 0 Å². The van der Waals surface area contributed by atoms with Gasteiger partial charge in [-0.15, -0.1) is 0 Å². The zero-order valence-electron chi connectivity index (χ0n) is 9.46. The zero-order valence-corrected chi connectivity index (χ0v) is 9.46. The van der Waals surface area contributed by atoms with Crippen LogP contribution in [0, 0.1) is 5.92 Å². The normalized spacial score (nSPS) is 15.1. The number of benzene rings is 1. The van der Waals surface area contributed by atoms with E-state index in [0.29, 0.717) is 6.04 Å². The minimum atomic E-state index is 0.597. The molecule has 1 heteroatoms. The molecule has 1 aromatic rings. The van der Waals surface area contributed by atoms with Gasteiger partial charge in [0.1, 0.15) is 0 Å². The van der Waals surface area contributed by atoms with Crippen LogP contribution in [-0.2, 0) is 6.54 Å². The molecule has 1 nitrogen and oxygen atoms in total. The van der Waals surface area contributed by atoms with E-state index in [1.54, 1.807) is 0 Å². The summed E-state index contributed by atoms with van der Waals surface area (Å²) in [6.07, 6.45) is 1.24. The van der Waals surface area contributed by atoms with Gasteiger partial charge >= 0.3 is 0 Å². The van der Waals surface area contributed by atoms with Crippen LogP contribution in [0.2, 0.25) is 0 Å². The lowest BCUT2D eigenvalue weighted by molar-refractivity contribution is 0.389. The Hall–Kier alpha value is -0.820. The van der Waals surface area contributed by atoms with E-state index < -0.39 is 0 Å². The van der Waals surface area contributed by atoms with E-state index in [-0.39, 0.29) is 0 Å². The van der Waals surface area contributed by atoms with Gasteiger partial charge in [0.2, 0.25) is 0 Å². The number of hydrogen-bond acceptors (Lipinski definition) is 1. The molecule has 78 valence electrons. The molecule has 1 rings (SSSR count). The van der Waals surface area contributed by atoms with Crippen molar-refractivity contribution in [3.8, 4) is 0 Å². The van der Waals surface area contributed by atoms with Crippen molar-refractivity contribution in [3.63, 3.8) is 0 Å². The lowest BCUT2D eigenvalue weighted by Crippen LogP contribution is -2.31. The highest BCUT2D eigenvalue weighted by atomic mass is 14.9. The lowest BCUT2D eigenvalue weighted by Gasteiger charge is -2.19. The summed E-state index contributed by atoms with van der Waals surface area (Å²) in [6, 6.07) is 11.2. The zero-order chi connectivity index (χ0) is 10.4. The van der Waals surface area contributed by atoms with E-state index in [1.807, 2.05) is 0 Å². The molecule has 0 aromatic heterocycles. The monoisotopic (exact) mass is 191 g/mol. The third-order valence-electron chi connectivity index (χ3n) is 2.97. The summed E-state index contributed by atoms with van der Waals surface area (Å²) < 4.78 is 0. The third-order valence-corrected chi connectivity index (χ3v) is 2.97. The molecule has 0 saturated heterocycles. The Balaban J connectivity index is 2.34. The molecule has 0 bridgehead atoms. The van der Waals surface area contributed by atoms with Crippen LogP contribution >= 0.6 is 0 Å². The molecule has 1 aromatic carbocycles. The summed E-state index contributed by atoms with van der Waals surface area (Å²) in [7, 11) is 0. The maximum atomic E-state index is 3.55. The molecule has 0 unspecified atom stereocenters. The van der Waals surface area contributed by atoms with Crippen LogP contribution in [0.1, 0.15) is 32.8 Å². The van der Waals surface area contributed by atoms with Crippen molar-refractivity contribution < 1.29 is 0 Å². The molecule has 0 fully saturated rings. The SMILES string of the molecule is CC[C@@H](C)[C@@H](C)NCc1ccccc1. The first-order valence-corrected chi connectivity index (χ1v) is 5.51. The topological polar surface area (TPSA) is 12.0 Å². The number of nitrogens with one attached hydrogen (secondary N) is 1. The molecule has 0 radical (unpaired) electrons. The fraction of sp³-hybridized carbons (Fsp3) is 0.538. The summed E-state index contributed by atoms with van der Waals surface area (Å²) in [4.78, 5) is 0. The van der Waals surface area contributed by atoms with Gasteiger partial charge < -0.3 is 5.32 Å². The molecule has 14 heavy (non-hydrogen) atoms. The second-order valence-electron chi connectivity index (χ2n) is 4.04. The van der Waals surface area contributed by atoms with Crippen LogP contribution in [0.4, 0.5) is 0 Å². The Kier molecular flexibility index (Phi) is 4.68. The van der Waals surface area contributed by atoms with Crippen molar-refractivity contribution in [2.75, 3.05) is 0 Å². The van der Waals surface area contributed by atoms with Crippen LogP contribution in [0.25, 0.3) is 0 Å². The Morgan fingerprint density at radius 1 is 1.14 bits per heavy atom. The number of hydrogen-bond donors (Lipinski definition) is 1. The lowest BCUT2D eigenvalue weighted by atomic mass is 10.0. The third kappa shape index (κ3) is 3.51. The molecule has 0 aliphatic rings. The van der Waals surface area contributed by atoms with Crippen LogP contribution in [0.15, 0.2) is 30.3 Å². The van der Waals surface area contributed by atoms with Gasteiger partial charge in [0, 0.05) is 12.6 Å². The van der Waals surface area contributed by atoms with Gasteiger partial charge in [-0.25, -0.2) is 0 Å². The molecular formula is C13H21N. The Bertz CT molecular complexity index is 243. The molecule has 2 atom stereocenters. The minimum absolute atomic E-state index is 0.597. The predicted octanol–water partition coefficient (Wildman–Crippen LogP) is 3.21. The highest BCUT2D eigenvalue weighted by Crippen LogP contribution is 2.07. The maximum absolute atomic E-state index is 3.55. The van der Waals surface area contributed by atoms with E-state index >= 15 is 0 Å². The highest BCUT2D eigenvalue weighted by Gasteiger charge is 2.08. The summed E-state index contributed by atoms with van der Waals surface area (Å²) in [5, 5.41) is 3.55. The quantitative estimate of drug-likeness (QED) is 0.753. The van der Waals surface area contributed by atoms with E-state index in [1.165, 1.54) is 12.0 Å². The first-order chi connectivity index (χ1) is 6.74. The molecule has 0 spiro atoms. The second kappa shape index (κ2) is 5.82. The van der Waals surface area contributed by atoms with Gasteiger partial charge in [-0.1, -0.05) is 50.6 Å². The first-order valence-electron chi connectivity index (χ1n) is 5.51. The molecule has 0 amide bonds. The van der Waals surface area contributed by atoms with Crippen molar-refractivity contribution in [3.05, 3.63) is 35.9 Å². The molecule has 0 heterocycles. The first kappa shape index (κ1) is 11.3. The van der Waals surface area contributed by atoms with Gasteiger partial charge in [0.05, 0.1) is 0 Å². The van der Waals surface area contributed by atoms with Crippen LogP contribution in [0.5, 0.6) is 0 Å². The minimum Gasteiger partial charge on any atom is -0.310 e. The van der Waals surface area contributed by atoms with Gasteiger partial charge in [-0.3, -0.25) is 0 Å². The van der Waals surface area contributed by atoms with Gasteiger partial charge in [0.15, 0.2) is 0 Å². The van der Waals surface area contributed by atoms with Gasteiger partial charge in [0.25, 0.3) is 0 Å².